The van der Waals surface area contributed by atoms with Crippen LogP contribution in [0.25, 0.3) is 6.08 Å². The summed E-state index contributed by atoms with van der Waals surface area (Å²) in [5, 5.41) is 0. The lowest BCUT2D eigenvalue weighted by Crippen LogP contribution is -2.29. The average Bonchev–Trinajstić information content (AvgIpc) is 3.29. The number of ether oxygens (including phenoxy) is 2. The van der Waals surface area contributed by atoms with Crippen LogP contribution in [0.5, 0.6) is 0 Å². The van der Waals surface area contributed by atoms with Crippen molar-refractivity contribution in [3.05, 3.63) is 126 Å². The number of carbonyl (C=O) groups is 2. The third kappa shape index (κ3) is 5.49. The van der Waals surface area contributed by atoms with Crippen LogP contribution in [-0.4, -0.2) is 36.5 Å². The SMILES string of the molecule is CCN1C(=O)/C(=C\c2ccc(N(c3ccccc3)c3ccccc3)cc2)OC1=Nc1cc(C(=O)OC)ccc1C. The van der Waals surface area contributed by atoms with Crippen LogP contribution < -0.4 is 4.90 Å². The van der Waals surface area contributed by atoms with E-state index < -0.39 is 5.97 Å². The lowest BCUT2D eigenvalue weighted by Gasteiger charge is -2.25. The fraction of sp³-hybridized carbons (Fsp3) is 0.121. The molecule has 0 spiro atoms. The number of amidine groups is 1. The van der Waals surface area contributed by atoms with Crippen molar-refractivity contribution < 1.29 is 19.1 Å². The maximum atomic E-state index is 13.2. The van der Waals surface area contributed by atoms with E-state index in [1.807, 2.05) is 74.5 Å². The number of methoxy groups -OCH3 is 1. The smallest absolute Gasteiger partial charge is 0.337 e. The molecule has 40 heavy (non-hydrogen) atoms. The number of aryl methyl sites for hydroxylation is 1. The second kappa shape index (κ2) is 11.7. The van der Waals surface area contributed by atoms with Gasteiger partial charge in [0.05, 0.1) is 18.4 Å². The average molecular weight is 532 g/mol. The molecule has 4 aromatic carbocycles. The molecule has 7 heteroatoms. The van der Waals surface area contributed by atoms with Crippen molar-refractivity contribution in [1.29, 1.82) is 0 Å². The second-order valence-electron chi connectivity index (χ2n) is 9.15. The molecule has 1 heterocycles. The van der Waals surface area contributed by atoms with Crippen molar-refractivity contribution >= 4 is 46.7 Å². The number of anilines is 3. The highest BCUT2D eigenvalue weighted by Crippen LogP contribution is 2.34. The molecule has 0 N–H and O–H groups in total. The van der Waals surface area contributed by atoms with Crippen LogP contribution in [0.2, 0.25) is 0 Å². The highest BCUT2D eigenvalue weighted by Gasteiger charge is 2.34. The maximum absolute atomic E-state index is 13.2. The van der Waals surface area contributed by atoms with Gasteiger partial charge in [0, 0.05) is 23.6 Å². The van der Waals surface area contributed by atoms with Crippen molar-refractivity contribution in [2.24, 2.45) is 4.99 Å². The Hall–Kier alpha value is -5.17. The number of aliphatic imine (C=N–C) groups is 1. The zero-order valence-electron chi connectivity index (χ0n) is 22.6. The van der Waals surface area contributed by atoms with Gasteiger partial charge in [-0.25, -0.2) is 4.79 Å². The van der Waals surface area contributed by atoms with Crippen molar-refractivity contribution in [2.75, 3.05) is 18.6 Å². The molecule has 0 aliphatic carbocycles. The van der Waals surface area contributed by atoms with Crippen LogP contribution in [0.4, 0.5) is 22.7 Å². The molecule has 0 saturated carbocycles. The van der Waals surface area contributed by atoms with Crippen molar-refractivity contribution in [3.8, 4) is 0 Å². The van der Waals surface area contributed by atoms with E-state index in [0.29, 0.717) is 17.8 Å². The predicted molar refractivity (Wildman–Crippen MR) is 157 cm³/mol. The minimum atomic E-state index is -0.459. The molecule has 0 atom stereocenters. The van der Waals surface area contributed by atoms with Gasteiger partial charge in [0.15, 0.2) is 5.76 Å². The summed E-state index contributed by atoms with van der Waals surface area (Å²) in [5.74, 6) is -0.556. The quantitative estimate of drug-likeness (QED) is 0.187. The Morgan fingerprint density at radius 3 is 2.08 bits per heavy atom. The molecule has 4 aromatic rings. The number of para-hydroxylation sites is 2. The molecule has 5 rings (SSSR count). The lowest BCUT2D eigenvalue weighted by molar-refractivity contribution is -0.122. The van der Waals surface area contributed by atoms with E-state index >= 15 is 0 Å². The zero-order valence-corrected chi connectivity index (χ0v) is 22.6. The first-order chi connectivity index (χ1) is 19.5. The summed E-state index contributed by atoms with van der Waals surface area (Å²) in [6.45, 7) is 4.11. The number of carbonyl (C=O) groups excluding carboxylic acids is 2. The topological polar surface area (TPSA) is 71.4 Å². The fourth-order valence-electron chi connectivity index (χ4n) is 4.42. The third-order valence-electron chi connectivity index (χ3n) is 6.53. The van der Waals surface area contributed by atoms with Crippen molar-refractivity contribution in [2.45, 2.75) is 13.8 Å². The second-order valence-corrected chi connectivity index (χ2v) is 9.15. The van der Waals surface area contributed by atoms with Crippen molar-refractivity contribution in [3.63, 3.8) is 0 Å². The molecule has 1 aliphatic heterocycles. The summed E-state index contributed by atoms with van der Waals surface area (Å²) in [4.78, 5) is 33.4. The van der Waals surface area contributed by atoms with Gasteiger partial charge in [-0.2, -0.15) is 4.99 Å². The Morgan fingerprint density at radius 2 is 1.50 bits per heavy atom. The number of likely N-dealkylation sites (N-methyl/N-ethyl adjacent to an activating group) is 1. The predicted octanol–water partition coefficient (Wildman–Crippen LogP) is 7.16. The number of esters is 1. The van der Waals surface area contributed by atoms with Crippen LogP contribution in [0.15, 0.2) is 114 Å². The summed E-state index contributed by atoms with van der Waals surface area (Å²) in [7, 11) is 1.33. The summed E-state index contributed by atoms with van der Waals surface area (Å²) in [5.41, 5.74) is 5.61. The van der Waals surface area contributed by atoms with Gasteiger partial charge >= 0.3 is 12.0 Å². The number of benzene rings is 4. The molecule has 0 radical (unpaired) electrons. The van der Waals surface area contributed by atoms with Crippen LogP contribution in [0.1, 0.15) is 28.4 Å². The molecule has 1 amide bonds. The molecule has 0 aromatic heterocycles. The van der Waals surface area contributed by atoms with Crippen LogP contribution in [-0.2, 0) is 14.3 Å². The standard InChI is InChI=1S/C33H29N3O4/c1-4-35-31(37)30(40-33(35)34-29-22-25(32(38)39-3)18-15-23(29)2)21-24-16-19-28(20-17-24)36(26-11-7-5-8-12-26)27-13-9-6-10-14-27/h5-22H,4H2,1-3H3/b30-21+,34-33?. The van der Waals surface area contributed by atoms with Gasteiger partial charge in [-0.1, -0.05) is 54.6 Å². The molecular weight excluding hydrogens is 502 g/mol. The van der Waals surface area contributed by atoms with Gasteiger partial charge < -0.3 is 14.4 Å². The van der Waals surface area contributed by atoms with Crippen LogP contribution >= 0.6 is 0 Å². The molecule has 1 aliphatic rings. The van der Waals surface area contributed by atoms with Crippen molar-refractivity contribution in [1.82, 2.24) is 4.90 Å². The first-order valence-corrected chi connectivity index (χ1v) is 13.0. The molecule has 0 unspecified atom stereocenters. The number of amides is 1. The fourth-order valence-corrected chi connectivity index (χ4v) is 4.42. The maximum Gasteiger partial charge on any atom is 0.337 e. The summed E-state index contributed by atoms with van der Waals surface area (Å²) in [6.07, 6.45) is 1.71. The van der Waals surface area contributed by atoms with Gasteiger partial charge in [0.25, 0.3) is 5.91 Å². The number of rotatable bonds is 7. The van der Waals surface area contributed by atoms with Gasteiger partial charge in [-0.3, -0.25) is 9.69 Å². The Kier molecular flexibility index (Phi) is 7.73. The first kappa shape index (κ1) is 26.4. The van der Waals surface area contributed by atoms with Gasteiger partial charge in [-0.15, -0.1) is 0 Å². The number of hydrogen-bond donors (Lipinski definition) is 0. The van der Waals surface area contributed by atoms with E-state index in [4.69, 9.17) is 9.47 Å². The van der Waals surface area contributed by atoms with Gasteiger partial charge in [0.2, 0.25) is 0 Å². The molecule has 1 fully saturated rings. The van der Waals surface area contributed by atoms with E-state index in [9.17, 15) is 9.59 Å². The molecule has 200 valence electrons. The number of nitrogens with zero attached hydrogens (tertiary/aromatic N) is 3. The Bertz CT molecular complexity index is 1540. The van der Waals surface area contributed by atoms with E-state index in [1.165, 1.54) is 12.0 Å². The molecule has 0 bridgehead atoms. The first-order valence-electron chi connectivity index (χ1n) is 13.0. The number of hydrogen-bond acceptors (Lipinski definition) is 6. The molecule has 1 saturated heterocycles. The van der Waals surface area contributed by atoms with E-state index in [2.05, 4.69) is 34.2 Å². The van der Waals surface area contributed by atoms with Crippen LogP contribution in [0.3, 0.4) is 0 Å². The Morgan fingerprint density at radius 1 is 0.900 bits per heavy atom. The van der Waals surface area contributed by atoms with E-state index in [-0.39, 0.29) is 17.7 Å². The van der Waals surface area contributed by atoms with E-state index in [0.717, 1.165) is 28.2 Å². The lowest BCUT2D eigenvalue weighted by atomic mass is 10.1. The minimum Gasteiger partial charge on any atom is -0.465 e. The largest absolute Gasteiger partial charge is 0.465 e. The third-order valence-corrected chi connectivity index (χ3v) is 6.53. The highest BCUT2D eigenvalue weighted by molar-refractivity contribution is 6.11. The highest BCUT2D eigenvalue weighted by atomic mass is 16.5. The molecule has 7 nitrogen and oxygen atoms in total. The van der Waals surface area contributed by atoms with Gasteiger partial charge in [-0.05, 0) is 79.6 Å². The summed E-state index contributed by atoms with van der Waals surface area (Å²) in [6, 6.07) is 33.5. The monoisotopic (exact) mass is 531 g/mol. The van der Waals surface area contributed by atoms with Crippen LogP contribution in [0, 0.1) is 6.92 Å². The zero-order chi connectivity index (χ0) is 28.1. The summed E-state index contributed by atoms with van der Waals surface area (Å²) < 4.78 is 10.8. The minimum absolute atomic E-state index is 0.166. The Balaban J connectivity index is 1.44. The summed E-state index contributed by atoms with van der Waals surface area (Å²) >= 11 is 0. The van der Waals surface area contributed by atoms with Gasteiger partial charge in [0.1, 0.15) is 0 Å². The molecular formula is C33H29N3O4. The normalized spacial score (nSPS) is 14.9. The van der Waals surface area contributed by atoms with E-state index in [1.54, 1.807) is 24.3 Å². The Labute approximate surface area is 233 Å².